The summed E-state index contributed by atoms with van der Waals surface area (Å²) in [6, 6.07) is 12.0. The highest BCUT2D eigenvalue weighted by atomic mass is 79.9. The highest BCUT2D eigenvalue weighted by Gasteiger charge is 2.14. The molecule has 0 aliphatic carbocycles. The van der Waals surface area contributed by atoms with Crippen molar-refractivity contribution in [3.05, 3.63) is 57.5 Å². The van der Waals surface area contributed by atoms with Gasteiger partial charge in [-0.25, -0.2) is 9.97 Å². The molecular weight excluding hydrogens is 347 g/mol. The lowest BCUT2D eigenvalue weighted by molar-refractivity contribution is 1.17. The molecule has 0 unspecified atom stereocenters. The maximum Gasteiger partial charge on any atom is 0.141 e. The summed E-state index contributed by atoms with van der Waals surface area (Å²) in [5, 5.41) is 2.85. The Labute approximate surface area is 128 Å². The molecule has 0 saturated heterocycles. The van der Waals surface area contributed by atoms with Gasteiger partial charge in [-0.05, 0) is 22.4 Å². The smallest absolute Gasteiger partial charge is 0.141 e. The summed E-state index contributed by atoms with van der Waals surface area (Å²) < 4.78 is 1.02. The molecule has 3 rings (SSSR count). The molecule has 0 spiro atoms. The first-order valence-electron chi connectivity index (χ1n) is 5.52. The van der Waals surface area contributed by atoms with Gasteiger partial charge in [0.15, 0.2) is 0 Å². The maximum absolute atomic E-state index is 6.16. The van der Waals surface area contributed by atoms with Crippen LogP contribution < -0.4 is 0 Å². The van der Waals surface area contributed by atoms with E-state index in [1.807, 2.05) is 36.4 Å². The number of halogens is 3. The van der Waals surface area contributed by atoms with E-state index in [1.165, 1.54) is 6.33 Å². The Morgan fingerprint density at radius 1 is 0.842 bits per heavy atom. The molecule has 0 aliphatic rings. The van der Waals surface area contributed by atoms with Gasteiger partial charge in [-0.3, -0.25) is 0 Å². The third-order valence-corrected chi connectivity index (χ3v) is 4.16. The van der Waals surface area contributed by atoms with E-state index in [4.69, 9.17) is 23.2 Å². The van der Waals surface area contributed by atoms with E-state index in [2.05, 4.69) is 25.9 Å². The number of nitrogens with zero attached hydrogens (tertiary/aromatic N) is 2. The molecule has 1 aromatic heterocycles. The lowest BCUT2D eigenvalue weighted by Crippen LogP contribution is -1.90. The zero-order chi connectivity index (χ0) is 13.4. The van der Waals surface area contributed by atoms with Crippen LogP contribution in [-0.4, -0.2) is 9.97 Å². The SMILES string of the molecule is Clc1ncnc(Cl)c1-c1ccc(Br)c2ccccc12. The van der Waals surface area contributed by atoms with Crippen LogP contribution in [0.25, 0.3) is 21.9 Å². The van der Waals surface area contributed by atoms with Crippen LogP contribution in [0.15, 0.2) is 47.2 Å². The molecule has 94 valence electrons. The summed E-state index contributed by atoms with van der Waals surface area (Å²) >= 11 is 15.9. The van der Waals surface area contributed by atoms with Crippen molar-refractivity contribution in [2.45, 2.75) is 0 Å². The van der Waals surface area contributed by atoms with Gasteiger partial charge in [-0.2, -0.15) is 0 Å². The first-order valence-corrected chi connectivity index (χ1v) is 7.07. The van der Waals surface area contributed by atoms with Crippen molar-refractivity contribution >= 4 is 49.9 Å². The number of hydrogen-bond donors (Lipinski definition) is 0. The van der Waals surface area contributed by atoms with Crippen LogP contribution in [0.4, 0.5) is 0 Å². The number of benzene rings is 2. The highest BCUT2D eigenvalue weighted by molar-refractivity contribution is 9.10. The van der Waals surface area contributed by atoms with Crippen LogP contribution >= 0.6 is 39.1 Å². The van der Waals surface area contributed by atoms with Crippen molar-refractivity contribution in [2.75, 3.05) is 0 Å². The molecule has 0 aliphatic heterocycles. The second-order valence-corrected chi connectivity index (χ2v) is 5.54. The van der Waals surface area contributed by atoms with E-state index in [9.17, 15) is 0 Å². The number of rotatable bonds is 1. The van der Waals surface area contributed by atoms with Crippen LogP contribution in [0.5, 0.6) is 0 Å². The van der Waals surface area contributed by atoms with Crippen molar-refractivity contribution in [1.29, 1.82) is 0 Å². The quantitative estimate of drug-likeness (QED) is 0.550. The van der Waals surface area contributed by atoms with Gasteiger partial charge in [0.2, 0.25) is 0 Å². The zero-order valence-electron chi connectivity index (χ0n) is 9.57. The monoisotopic (exact) mass is 352 g/mol. The van der Waals surface area contributed by atoms with E-state index in [1.54, 1.807) is 0 Å². The Kier molecular flexibility index (Phi) is 3.44. The predicted octanol–water partition coefficient (Wildman–Crippen LogP) is 5.37. The first kappa shape index (κ1) is 12.9. The van der Waals surface area contributed by atoms with Gasteiger partial charge in [0.25, 0.3) is 0 Å². The highest BCUT2D eigenvalue weighted by Crippen LogP contribution is 2.38. The molecule has 0 bridgehead atoms. The second-order valence-electron chi connectivity index (χ2n) is 3.97. The van der Waals surface area contributed by atoms with Gasteiger partial charge < -0.3 is 0 Å². The van der Waals surface area contributed by atoms with Crippen LogP contribution in [0.1, 0.15) is 0 Å². The Hall–Kier alpha value is -1.16. The average Bonchev–Trinajstić information content (AvgIpc) is 2.41. The minimum Gasteiger partial charge on any atom is -0.224 e. The van der Waals surface area contributed by atoms with Gasteiger partial charge in [0.1, 0.15) is 16.6 Å². The van der Waals surface area contributed by atoms with Gasteiger partial charge >= 0.3 is 0 Å². The van der Waals surface area contributed by atoms with Crippen LogP contribution in [-0.2, 0) is 0 Å². The average molecular weight is 354 g/mol. The molecule has 0 fully saturated rings. The number of aromatic nitrogens is 2. The Morgan fingerprint density at radius 3 is 2.16 bits per heavy atom. The predicted molar refractivity (Wildman–Crippen MR) is 82.7 cm³/mol. The fourth-order valence-corrected chi connectivity index (χ4v) is 3.04. The summed E-state index contributed by atoms with van der Waals surface area (Å²) in [5.74, 6) is 0. The van der Waals surface area contributed by atoms with Crippen molar-refractivity contribution in [3.63, 3.8) is 0 Å². The summed E-state index contributed by atoms with van der Waals surface area (Å²) in [6.45, 7) is 0. The van der Waals surface area contributed by atoms with E-state index >= 15 is 0 Å². The third kappa shape index (κ3) is 2.22. The summed E-state index contributed by atoms with van der Waals surface area (Å²) in [4.78, 5) is 8.01. The molecule has 1 heterocycles. The Balaban J connectivity index is 2.41. The fourth-order valence-electron chi connectivity index (χ4n) is 2.05. The first-order chi connectivity index (χ1) is 9.18. The molecule has 0 saturated carbocycles. The molecule has 0 radical (unpaired) electrons. The second kappa shape index (κ2) is 5.08. The minimum atomic E-state index is 0.354. The van der Waals surface area contributed by atoms with E-state index in [-0.39, 0.29) is 0 Å². The van der Waals surface area contributed by atoms with Crippen LogP contribution in [0, 0.1) is 0 Å². The van der Waals surface area contributed by atoms with Crippen LogP contribution in [0.2, 0.25) is 10.3 Å². The maximum atomic E-state index is 6.16. The molecule has 3 aromatic rings. The molecule has 19 heavy (non-hydrogen) atoms. The minimum absolute atomic E-state index is 0.354. The Bertz CT molecular complexity index is 754. The van der Waals surface area contributed by atoms with E-state index in [0.717, 1.165) is 20.8 Å². The van der Waals surface area contributed by atoms with Crippen molar-refractivity contribution < 1.29 is 0 Å². The van der Waals surface area contributed by atoms with Crippen LogP contribution in [0.3, 0.4) is 0 Å². The lowest BCUT2D eigenvalue weighted by Gasteiger charge is -2.10. The topological polar surface area (TPSA) is 25.8 Å². The zero-order valence-corrected chi connectivity index (χ0v) is 12.7. The third-order valence-electron chi connectivity index (χ3n) is 2.89. The standard InChI is InChI=1S/C14H7BrCl2N2/c15-11-6-5-10(8-3-1-2-4-9(8)11)12-13(16)18-7-19-14(12)17/h1-7H. The van der Waals surface area contributed by atoms with E-state index in [0.29, 0.717) is 15.9 Å². The summed E-state index contributed by atoms with van der Waals surface area (Å²) in [6.07, 6.45) is 1.36. The molecule has 2 aromatic carbocycles. The van der Waals surface area contributed by atoms with Gasteiger partial charge in [0.05, 0.1) is 5.56 Å². The molecular formula is C14H7BrCl2N2. The molecule has 0 atom stereocenters. The normalized spacial score (nSPS) is 10.9. The Morgan fingerprint density at radius 2 is 1.47 bits per heavy atom. The van der Waals surface area contributed by atoms with Crippen molar-refractivity contribution in [1.82, 2.24) is 9.97 Å². The molecule has 5 heteroatoms. The van der Waals surface area contributed by atoms with Gasteiger partial charge in [-0.15, -0.1) is 0 Å². The summed E-state index contributed by atoms with van der Waals surface area (Å²) in [5.41, 5.74) is 1.59. The molecule has 2 nitrogen and oxygen atoms in total. The van der Waals surface area contributed by atoms with E-state index < -0.39 is 0 Å². The fraction of sp³-hybridized carbons (Fsp3) is 0. The largest absolute Gasteiger partial charge is 0.224 e. The lowest BCUT2D eigenvalue weighted by atomic mass is 10.0. The summed E-state index contributed by atoms with van der Waals surface area (Å²) in [7, 11) is 0. The molecule has 0 N–H and O–H groups in total. The van der Waals surface area contributed by atoms with Gasteiger partial charge in [-0.1, -0.05) is 69.5 Å². The van der Waals surface area contributed by atoms with Crippen molar-refractivity contribution in [3.8, 4) is 11.1 Å². The number of fused-ring (bicyclic) bond motifs is 1. The van der Waals surface area contributed by atoms with Gasteiger partial charge in [0, 0.05) is 4.47 Å². The molecule has 0 amide bonds. The number of hydrogen-bond acceptors (Lipinski definition) is 2. The van der Waals surface area contributed by atoms with Crippen molar-refractivity contribution in [2.24, 2.45) is 0 Å².